The molecule has 0 aliphatic carbocycles. The van der Waals surface area contributed by atoms with E-state index >= 15 is 0 Å². The molecular formula is C22H23FN6O2. The molecule has 1 aromatic heterocycles. The molecule has 0 bridgehead atoms. The minimum absolute atomic E-state index is 0.367. The first-order valence-corrected chi connectivity index (χ1v) is 9.93. The highest BCUT2D eigenvalue weighted by molar-refractivity contribution is 5.99. The van der Waals surface area contributed by atoms with Crippen molar-refractivity contribution in [2.45, 2.75) is 6.92 Å². The Kier molecular flexibility index (Phi) is 6.23. The highest BCUT2D eigenvalue weighted by atomic mass is 19.1. The number of nitrogens with one attached hydrogen (secondary N) is 3. The van der Waals surface area contributed by atoms with E-state index in [2.05, 4.69) is 31.0 Å². The quantitative estimate of drug-likeness (QED) is 0.572. The number of benzene rings is 2. The van der Waals surface area contributed by atoms with E-state index in [-0.39, 0.29) is 5.82 Å². The lowest BCUT2D eigenvalue weighted by Crippen LogP contribution is -2.36. The molecule has 2 heterocycles. The van der Waals surface area contributed by atoms with Crippen LogP contribution in [0.5, 0.6) is 0 Å². The predicted molar refractivity (Wildman–Crippen MR) is 119 cm³/mol. The van der Waals surface area contributed by atoms with Crippen LogP contribution in [0.3, 0.4) is 0 Å². The first kappa shape index (κ1) is 20.5. The summed E-state index contributed by atoms with van der Waals surface area (Å²) in [7, 11) is 0. The molecule has 160 valence electrons. The van der Waals surface area contributed by atoms with Crippen LogP contribution in [0.1, 0.15) is 5.56 Å². The highest BCUT2D eigenvalue weighted by Crippen LogP contribution is 2.22. The third-order valence-electron chi connectivity index (χ3n) is 4.86. The summed E-state index contributed by atoms with van der Waals surface area (Å²) >= 11 is 0. The number of carbonyl (C=O) groups excluding carboxylic acids is 1. The Balaban J connectivity index is 1.35. The van der Waals surface area contributed by atoms with Crippen molar-refractivity contribution < 1.29 is 13.9 Å². The van der Waals surface area contributed by atoms with Crippen LogP contribution in [0.25, 0.3) is 0 Å². The van der Waals surface area contributed by atoms with Crippen LogP contribution in [0.2, 0.25) is 0 Å². The fraction of sp³-hybridized carbons (Fsp3) is 0.227. The lowest BCUT2D eigenvalue weighted by molar-refractivity contribution is 0.122. The second-order valence-electron chi connectivity index (χ2n) is 7.14. The van der Waals surface area contributed by atoms with E-state index in [1.807, 2.05) is 18.2 Å². The fourth-order valence-corrected chi connectivity index (χ4v) is 3.16. The van der Waals surface area contributed by atoms with Crippen molar-refractivity contribution in [3.63, 3.8) is 0 Å². The van der Waals surface area contributed by atoms with Crippen LogP contribution in [-0.4, -0.2) is 42.5 Å². The second-order valence-corrected chi connectivity index (χ2v) is 7.14. The Morgan fingerprint density at radius 1 is 1.00 bits per heavy atom. The van der Waals surface area contributed by atoms with Gasteiger partial charge in [-0.2, -0.15) is 5.10 Å². The molecule has 3 N–H and O–H groups in total. The maximum Gasteiger partial charge on any atom is 0.323 e. The Morgan fingerprint density at radius 3 is 2.42 bits per heavy atom. The fourth-order valence-electron chi connectivity index (χ4n) is 3.16. The Hall–Kier alpha value is -3.72. The average molecular weight is 422 g/mol. The number of carbonyl (C=O) groups is 1. The van der Waals surface area contributed by atoms with Crippen molar-refractivity contribution in [1.29, 1.82) is 0 Å². The number of hydrogen-bond acceptors (Lipinski definition) is 6. The number of halogens is 1. The van der Waals surface area contributed by atoms with Gasteiger partial charge in [-0.15, -0.1) is 5.10 Å². The molecule has 0 saturated carbocycles. The summed E-state index contributed by atoms with van der Waals surface area (Å²) in [6.07, 6.45) is 1.74. The van der Waals surface area contributed by atoms with Crippen LogP contribution in [-0.2, 0) is 4.74 Å². The zero-order chi connectivity index (χ0) is 21.6. The van der Waals surface area contributed by atoms with Gasteiger partial charge in [0, 0.05) is 36.2 Å². The van der Waals surface area contributed by atoms with Crippen molar-refractivity contribution in [1.82, 2.24) is 10.2 Å². The maximum atomic E-state index is 13.6. The zero-order valence-electron chi connectivity index (χ0n) is 17.1. The molecule has 0 atom stereocenters. The number of aryl methyl sites for hydroxylation is 1. The van der Waals surface area contributed by atoms with Gasteiger partial charge in [-0.3, -0.25) is 0 Å². The van der Waals surface area contributed by atoms with E-state index < -0.39 is 6.03 Å². The van der Waals surface area contributed by atoms with Gasteiger partial charge in [-0.05, 0) is 48.9 Å². The molecule has 1 saturated heterocycles. The highest BCUT2D eigenvalue weighted by Gasteiger charge is 2.12. The molecule has 31 heavy (non-hydrogen) atoms. The molecule has 0 radical (unpaired) electrons. The second kappa shape index (κ2) is 9.40. The van der Waals surface area contributed by atoms with Crippen LogP contribution in [0.4, 0.5) is 37.8 Å². The van der Waals surface area contributed by atoms with Gasteiger partial charge in [0.15, 0.2) is 5.82 Å². The summed E-state index contributed by atoms with van der Waals surface area (Å²) in [5.41, 5.74) is 3.30. The molecule has 0 spiro atoms. The standard InChI is InChI=1S/C22H23FN6O2/c1-15-2-3-18(12-20(15)23)27-22(30)26-17-6-4-16(5-7-17)25-21-13-19(14-24-28-21)29-8-10-31-11-9-29/h2-7,12-14H,8-11H2,1H3,(H,25,28)(H2,26,27,30). The van der Waals surface area contributed by atoms with Crippen molar-refractivity contribution in [3.05, 3.63) is 66.1 Å². The SMILES string of the molecule is Cc1ccc(NC(=O)Nc2ccc(Nc3cc(N4CCOCC4)cnn3)cc2)cc1F. The number of nitrogens with zero attached hydrogens (tertiary/aromatic N) is 3. The van der Waals surface area contributed by atoms with Gasteiger partial charge in [-0.25, -0.2) is 9.18 Å². The predicted octanol–water partition coefficient (Wildman–Crippen LogP) is 4.15. The van der Waals surface area contributed by atoms with Gasteiger partial charge in [0.05, 0.1) is 25.1 Å². The van der Waals surface area contributed by atoms with Gasteiger partial charge in [0.25, 0.3) is 0 Å². The number of amides is 2. The zero-order valence-corrected chi connectivity index (χ0v) is 17.1. The Labute approximate surface area is 179 Å². The summed E-state index contributed by atoms with van der Waals surface area (Å²) in [5.74, 6) is 0.262. The molecule has 0 unspecified atom stereocenters. The van der Waals surface area contributed by atoms with Crippen LogP contribution in [0, 0.1) is 12.7 Å². The van der Waals surface area contributed by atoms with Crippen molar-refractivity contribution >= 4 is 34.6 Å². The number of hydrogen-bond donors (Lipinski definition) is 3. The van der Waals surface area contributed by atoms with Gasteiger partial charge < -0.3 is 25.6 Å². The molecule has 2 aromatic carbocycles. The minimum Gasteiger partial charge on any atom is -0.378 e. The van der Waals surface area contributed by atoms with E-state index in [0.717, 1.165) is 24.5 Å². The van der Waals surface area contributed by atoms with Gasteiger partial charge in [0.1, 0.15) is 5.82 Å². The molecule has 1 aliphatic rings. The van der Waals surface area contributed by atoms with E-state index in [1.165, 1.54) is 6.07 Å². The van der Waals surface area contributed by atoms with E-state index in [4.69, 9.17) is 4.74 Å². The molecular weight excluding hydrogens is 399 g/mol. The third kappa shape index (κ3) is 5.46. The van der Waals surface area contributed by atoms with Gasteiger partial charge >= 0.3 is 6.03 Å². The monoisotopic (exact) mass is 422 g/mol. The lowest BCUT2D eigenvalue weighted by Gasteiger charge is -2.28. The number of anilines is 5. The molecule has 1 aliphatic heterocycles. The Bertz CT molecular complexity index is 1050. The van der Waals surface area contributed by atoms with Crippen LogP contribution < -0.4 is 20.9 Å². The van der Waals surface area contributed by atoms with Gasteiger partial charge in [-0.1, -0.05) is 6.07 Å². The third-order valence-corrected chi connectivity index (χ3v) is 4.86. The molecule has 3 aromatic rings. The molecule has 4 rings (SSSR count). The lowest BCUT2D eigenvalue weighted by atomic mass is 10.2. The molecule has 9 heteroatoms. The minimum atomic E-state index is -0.451. The molecule has 8 nitrogen and oxygen atoms in total. The number of morpholine rings is 1. The largest absolute Gasteiger partial charge is 0.378 e. The number of aromatic nitrogens is 2. The summed E-state index contributed by atoms with van der Waals surface area (Å²) in [4.78, 5) is 14.4. The van der Waals surface area contributed by atoms with Gasteiger partial charge in [0.2, 0.25) is 0 Å². The summed E-state index contributed by atoms with van der Waals surface area (Å²) in [5, 5.41) is 16.8. The summed E-state index contributed by atoms with van der Waals surface area (Å²) in [6.45, 7) is 4.71. The van der Waals surface area contributed by atoms with Crippen molar-refractivity contribution in [3.8, 4) is 0 Å². The van der Waals surface area contributed by atoms with E-state index in [1.54, 1.807) is 37.4 Å². The Morgan fingerprint density at radius 2 is 1.68 bits per heavy atom. The number of ether oxygens (including phenoxy) is 1. The smallest absolute Gasteiger partial charge is 0.323 e. The number of urea groups is 1. The van der Waals surface area contributed by atoms with Crippen LogP contribution in [0.15, 0.2) is 54.7 Å². The van der Waals surface area contributed by atoms with Crippen molar-refractivity contribution in [2.24, 2.45) is 0 Å². The number of rotatable bonds is 5. The molecule has 2 amide bonds. The first-order valence-electron chi connectivity index (χ1n) is 9.93. The molecule has 1 fully saturated rings. The van der Waals surface area contributed by atoms with E-state index in [9.17, 15) is 9.18 Å². The first-order chi connectivity index (χ1) is 15.1. The summed E-state index contributed by atoms with van der Waals surface area (Å²) in [6, 6.07) is 13.2. The summed E-state index contributed by atoms with van der Waals surface area (Å²) < 4.78 is 19.0. The topological polar surface area (TPSA) is 91.4 Å². The van der Waals surface area contributed by atoms with Crippen molar-refractivity contribution in [2.75, 3.05) is 47.2 Å². The maximum absolute atomic E-state index is 13.6. The van der Waals surface area contributed by atoms with Crippen LogP contribution >= 0.6 is 0 Å². The average Bonchev–Trinajstić information content (AvgIpc) is 2.78. The normalized spacial score (nSPS) is 13.5. The van der Waals surface area contributed by atoms with E-state index in [0.29, 0.717) is 36.0 Å².